The van der Waals surface area contributed by atoms with Crippen LogP contribution in [-0.2, 0) is 30.8 Å². The Morgan fingerprint density at radius 1 is 0.977 bits per heavy atom. The Morgan fingerprint density at radius 2 is 1.56 bits per heavy atom. The standard InChI is InChI=1S/C33H38N2O7S/c1-8-18-9-11-21(34-30(18)31(38)35-43(7,39)40)19-10-12-24(41-6)20(13-19)27-28-22(36)14-32(2,3)16-25(28)42-26-17-33(4,5)15-23(37)29(26)27/h9-13,27H,8,14-17H2,1-7H3,(H,35,38). The number of carbonyl (C=O) groups is 3. The highest BCUT2D eigenvalue weighted by Gasteiger charge is 2.48. The van der Waals surface area contributed by atoms with Gasteiger partial charge in [0.25, 0.3) is 5.91 Å². The van der Waals surface area contributed by atoms with Crippen LogP contribution in [0.15, 0.2) is 53.0 Å². The Kier molecular flexibility index (Phi) is 7.65. The van der Waals surface area contributed by atoms with Gasteiger partial charge in [-0.05, 0) is 47.1 Å². The quantitative estimate of drug-likeness (QED) is 0.462. The highest BCUT2D eigenvalue weighted by atomic mass is 32.2. The fraction of sp³-hybridized carbons (Fsp3) is 0.455. The molecule has 0 saturated heterocycles. The molecule has 2 heterocycles. The molecule has 1 aromatic carbocycles. The minimum Gasteiger partial charge on any atom is -0.496 e. The monoisotopic (exact) mass is 606 g/mol. The Bertz CT molecular complexity index is 1680. The van der Waals surface area contributed by atoms with E-state index in [0.717, 1.165) is 6.26 Å². The van der Waals surface area contributed by atoms with E-state index < -0.39 is 21.8 Å². The van der Waals surface area contributed by atoms with Crippen LogP contribution in [0.2, 0.25) is 0 Å². The molecule has 1 aromatic heterocycles. The summed E-state index contributed by atoms with van der Waals surface area (Å²) in [7, 11) is -2.25. The number of rotatable bonds is 6. The second-order valence-electron chi connectivity index (χ2n) is 13.3. The summed E-state index contributed by atoms with van der Waals surface area (Å²) in [5.74, 6) is 0.112. The Hall–Kier alpha value is -3.79. The third-order valence-corrected chi connectivity index (χ3v) is 8.83. The normalized spacial score (nSPS) is 19.9. The number of hydrogen-bond donors (Lipinski definition) is 1. The predicted octanol–water partition coefficient (Wildman–Crippen LogP) is 5.41. The number of methoxy groups -OCH3 is 1. The number of aryl methyl sites for hydroxylation is 1. The molecule has 9 nitrogen and oxygen atoms in total. The molecule has 0 atom stereocenters. The molecule has 0 bridgehead atoms. The lowest BCUT2D eigenvalue weighted by Gasteiger charge is -2.43. The fourth-order valence-electron chi connectivity index (χ4n) is 6.45. The van der Waals surface area contributed by atoms with Crippen LogP contribution in [0.25, 0.3) is 11.3 Å². The van der Waals surface area contributed by atoms with Crippen LogP contribution < -0.4 is 9.46 Å². The first-order valence-corrected chi connectivity index (χ1v) is 16.3. The molecule has 0 radical (unpaired) electrons. The fourth-order valence-corrected chi connectivity index (χ4v) is 6.89. The summed E-state index contributed by atoms with van der Waals surface area (Å²) < 4.78 is 37.8. The number of aromatic nitrogens is 1. The van der Waals surface area contributed by atoms with Gasteiger partial charge in [-0.25, -0.2) is 18.1 Å². The molecule has 2 aliphatic carbocycles. The summed E-state index contributed by atoms with van der Waals surface area (Å²) in [5, 5.41) is 0. The van der Waals surface area contributed by atoms with Crippen molar-refractivity contribution < 1.29 is 32.3 Å². The molecule has 0 saturated carbocycles. The summed E-state index contributed by atoms with van der Waals surface area (Å²) in [4.78, 5) is 45.0. The highest BCUT2D eigenvalue weighted by Crippen LogP contribution is 2.54. The van der Waals surface area contributed by atoms with Crippen LogP contribution in [0.1, 0.15) is 87.8 Å². The van der Waals surface area contributed by atoms with E-state index in [1.54, 1.807) is 31.4 Å². The van der Waals surface area contributed by atoms with E-state index in [4.69, 9.17) is 9.47 Å². The first-order valence-electron chi connectivity index (χ1n) is 14.4. The third kappa shape index (κ3) is 6.02. The van der Waals surface area contributed by atoms with Crippen LogP contribution in [0.3, 0.4) is 0 Å². The van der Waals surface area contributed by atoms with E-state index in [9.17, 15) is 22.8 Å². The van der Waals surface area contributed by atoms with Gasteiger partial charge in [0.05, 0.1) is 25.0 Å². The minimum atomic E-state index is -3.80. The summed E-state index contributed by atoms with van der Waals surface area (Å²) in [5.41, 5.74) is 2.70. The predicted molar refractivity (Wildman–Crippen MR) is 162 cm³/mol. The molecular weight excluding hydrogens is 568 g/mol. The van der Waals surface area contributed by atoms with E-state index >= 15 is 0 Å². The zero-order valence-corrected chi connectivity index (χ0v) is 26.5. The summed E-state index contributed by atoms with van der Waals surface area (Å²) in [6.07, 6.45) is 3.18. The zero-order valence-electron chi connectivity index (χ0n) is 25.7. The molecule has 0 spiro atoms. The first kappa shape index (κ1) is 30.7. The number of ether oxygens (including phenoxy) is 2. The number of hydrogen-bond acceptors (Lipinski definition) is 8. The molecule has 0 unspecified atom stereocenters. The smallest absolute Gasteiger partial charge is 0.283 e. The van der Waals surface area contributed by atoms with Gasteiger partial charge >= 0.3 is 0 Å². The number of benzene rings is 1. The molecular formula is C33H38N2O7S. The van der Waals surface area contributed by atoms with Crippen LogP contribution in [-0.4, -0.2) is 44.2 Å². The lowest BCUT2D eigenvalue weighted by atomic mass is 9.65. The summed E-state index contributed by atoms with van der Waals surface area (Å²) in [6, 6.07) is 8.91. The van der Waals surface area contributed by atoms with Gasteiger partial charge in [-0.1, -0.05) is 40.7 Å². The van der Waals surface area contributed by atoms with Crippen molar-refractivity contribution in [1.29, 1.82) is 0 Å². The largest absolute Gasteiger partial charge is 0.496 e. The van der Waals surface area contributed by atoms with E-state index in [-0.39, 0.29) is 28.1 Å². The molecule has 2 aromatic rings. The maximum atomic E-state index is 13.8. The van der Waals surface area contributed by atoms with Crippen molar-refractivity contribution in [2.75, 3.05) is 13.4 Å². The molecule has 3 aliphatic rings. The van der Waals surface area contributed by atoms with Crippen LogP contribution >= 0.6 is 0 Å². The Balaban J connectivity index is 1.70. The molecule has 228 valence electrons. The number of ketones is 2. The van der Waals surface area contributed by atoms with Crippen molar-refractivity contribution in [2.45, 2.75) is 72.6 Å². The van der Waals surface area contributed by atoms with Gasteiger partial charge in [-0.15, -0.1) is 0 Å². The number of sulfonamides is 1. The van der Waals surface area contributed by atoms with E-state index in [1.807, 2.05) is 45.4 Å². The summed E-state index contributed by atoms with van der Waals surface area (Å²) >= 11 is 0. The van der Waals surface area contributed by atoms with Crippen LogP contribution in [0.5, 0.6) is 5.75 Å². The molecule has 10 heteroatoms. The van der Waals surface area contributed by atoms with Gasteiger partial charge in [0, 0.05) is 48.0 Å². The molecule has 5 rings (SSSR count). The van der Waals surface area contributed by atoms with Gasteiger partial charge < -0.3 is 9.47 Å². The van der Waals surface area contributed by atoms with Crippen molar-refractivity contribution >= 4 is 27.5 Å². The van der Waals surface area contributed by atoms with Gasteiger partial charge in [0.1, 0.15) is 23.0 Å². The van der Waals surface area contributed by atoms with E-state index in [2.05, 4.69) is 4.98 Å². The first-order chi connectivity index (χ1) is 20.0. The second-order valence-corrected chi connectivity index (χ2v) is 15.1. The zero-order chi connectivity index (χ0) is 31.5. The second kappa shape index (κ2) is 10.7. The number of nitrogens with zero attached hydrogens (tertiary/aromatic N) is 1. The van der Waals surface area contributed by atoms with Crippen LogP contribution in [0.4, 0.5) is 0 Å². The van der Waals surface area contributed by atoms with Crippen molar-refractivity contribution in [3.8, 4) is 17.0 Å². The van der Waals surface area contributed by atoms with E-state index in [0.29, 0.717) is 82.9 Å². The maximum Gasteiger partial charge on any atom is 0.283 e. The highest BCUT2D eigenvalue weighted by molar-refractivity contribution is 7.89. The number of nitrogens with one attached hydrogen (secondary N) is 1. The molecule has 43 heavy (non-hydrogen) atoms. The minimum absolute atomic E-state index is 0.0122. The van der Waals surface area contributed by atoms with Crippen molar-refractivity contribution in [3.63, 3.8) is 0 Å². The van der Waals surface area contributed by atoms with E-state index in [1.165, 1.54) is 0 Å². The van der Waals surface area contributed by atoms with Crippen LogP contribution in [0, 0.1) is 10.8 Å². The van der Waals surface area contributed by atoms with Crippen molar-refractivity contribution in [2.24, 2.45) is 10.8 Å². The Labute approximate surface area is 252 Å². The average Bonchev–Trinajstić information content (AvgIpc) is 2.88. The molecule has 1 N–H and O–H groups in total. The lowest BCUT2D eigenvalue weighted by molar-refractivity contribution is -0.120. The average molecular weight is 607 g/mol. The van der Waals surface area contributed by atoms with Crippen molar-refractivity contribution in [3.05, 3.63) is 69.8 Å². The number of pyridine rings is 1. The molecule has 1 amide bonds. The molecule has 1 aliphatic heterocycles. The van der Waals surface area contributed by atoms with Gasteiger partial charge in [0.15, 0.2) is 11.6 Å². The molecule has 0 fully saturated rings. The number of amides is 1. The third-order valence-electron chi connectivity index (χ3n) is 8.27. The Morgan fingerprint density at radius 3 is 2.07 bits per heavy atom. The lowest BCUT2D eigenvalue weighted by Crippen LogP contribution is -2.37. The van der Waals surface area contributed by atoms with Gasteiger partial charge in [0.2, 0.25) is 10.0 Å². The SMILES string of the molecule is CCc1ccc(-c2ccc(OC)c(C3C4=C(CC(C)(C)CC4=O)OC4=C3C(=O)CC(C)(C)C4)c2)nc1C(=O)NS(C)(=O)=O. The number of carbonyl (C=O) groups excluding carboxylic acids is 3. The maximum absolute atomic E-state index is 13.8. The van der Waals surface area contributed by atoms with Gasteiger partial charge in [-0.2, -0.15) is 0 Å². The number of Topliss-reactive ketones (excluding diaryl/α,β-unsaturated/α-hetero) is 2. The topological polar surface area (TPSA) is 129 Å². The number of allylic oxidation sites excluding steroid dienone is 4. The van der Waals surface area contributed by atoms with Gasteiger partial charge in [-0.3, -0.25) is 14.4 Å². The summed E-state index contributed by atoms with van der Waals surface area (Å²) in [6.45, 7) is 10.0. The van der Waals surface area contributed by atoms with Crippen molar-refractivity contribution in [1.82, 2.24) is 9.71 Å².